The number of benzene rings is 3. The molecule has 0 aliphatic carbocycles. The Morgan fingerprint density at radius 1 is 0.872 bits per heavy atom. The number of rotatable bonds is 9. The van der Waals surface area contributed by atoms with Crippen LogP contribution < -0.4 is 16.6 Å². The monoisotopic (exact) mass is 635 g/mol. The number of nitrogens with zero attached hydrogens (tertiary/aromatic N) is 4. The smallest absolute Gasteiger partial charge is 0.331 e. The molecule has 0 atom stereocenters. The van der Waals surface area contributed by atoms with E-state index in [4.69, 9.17) is 4.74 Å². The van der Waals surface area contributed by atoms with E-state index < -0.39 is 11.2 Å². The lowest BCUT2D eigenvalue weighted by atomic mass is 9.99. The summed E-state index contributed by atoms with van der Waals surface area (Å²) in [7, 11) is 0. The molecule has 0 saturated carbocycles. The zero-order valence-corrected chi connectivity index (χ0v) is 27.0. The third-order valence-electron chi connectivity index (χ3n) is 9.41. The molecule has 10 nitrogen and oxygen atoms in total. The Labute approximate surface area is 274 Å². The van der Waals surface area contributed by atoms with Gasteiger partial charge in [-0.2, -0.15) is 0 Å². The number of carbonyl (C=O) groups is 2. The van der Waals surface area contributed by atoms with Gasteiger partial charge in [0, 0.05) is 37.6 Å². The molecule has 3 aromatic carbocycles. The van der Waals surface area contributed by atoms with Crippen molar-refractivity contribution in [3.63, 3.8) is 0 Å². The van der Waals surface area contributed by atoms with Crippen LogP contribution in [0.25, 0.3) is 11.1 Å². The largest absolute Gasteiger partial charge is 0.375 e. The van der Waals surface area contributed by atoms with Crippen molar-refractivity contribution < 1.29 is 14.3 Å². The topological polar surface area (TPSA) is 106 Å². The number of carbonyl (C=O) groups excluding carboxylic acids is 2. The molecule has 1 N–H and O–H groups in total. The summed E-state index contributed by atoms with van der Waals surface area (Å²) in [5.74, 6) is -0.198. The molecule has 47 heavy (non-hydrogen) atoms. The van der Waals surface area contributed by atoms with Gasteiger partial charge in [0.05, 0.1) is 25.3 Å². The van der Waals surface area contributed by atoms with Crippen LogP contribution >= 0.6 is 0 Å². The average molecular weight is 636 g/mol. The number of nitrogens with one attached hydrogen (secondary N) is 1. The Balaban J connectivity index is 1.17. The number of anilines is 1. The van der Waals surface area contributed by atoms with E-state index in [1.165, 1.54) is 15.3 Å². The highest BCUT2D eigenvalue weighted by Crippen LogP contribution is 2.25. The van der Waals surface area contributed by atoms with Crippen molar-refractivity contribution in [1.29, 1.82) is 0 Å². The number of fused-ring (bicyclic) bond motifs is 1. The van der Waals surface area contributed by atoms with Crippen molar-refractivity contribution in [2.24, 2.45) is 0 Å². The highest BCUT2D eigenvalue weighted by molar-refractivity contribution is 5.91. The van der Waals surface area contributed by atoms with Gasteiger partial charge in [-0.1, -0.05) is 66.7 Å². The number of ether oxygens (including phenoxy) is 1. The van der Waals surface area contributed by atoms with Gasteiger partial charge >= 0.3 is 11.7 Å². The molecule has 2 aliphatic heterocycles. The van der Waals surface area contributed by atoms with Gasteiger partial charge in [0.25, 0.3) is 5.56 Å². The summed E-state index contributed by atoms with van der Waals surface area (Å²) in [5.41, 5.74) is 5.08. The molecule has 0 radical (unpaired) electrons. The summed E-state index contributed by atoms with van der Waals surface area (Å²) in [6, 6.07) is 23.2. The first-order chi connectivity index (χ1) is 22.8. The maximum atomic E-state index is 13.7. The van der Waals surface area contributed by atoms with Crippen LogP contribution in [0.15, 0.2) is 88.6 Å². The van der Waals surface area contributed by atoms with E-state index in [0.29, 0.717) is 44.6 Å². The lowest BCUT2D eigenvalue weighted by Crippen LogP contribution is -2.51. The van der Waals surface area contributed by atoms with Gasteiger partial charge in [-0.15, -0.1) is 0 Å². The third-order valence-corrected chi connectivity index (χ3v) is 9.41. The maximum Gasteiger partial charge on any atom is 0.331 e. The summed E-state index contributed by atoms with van der Waals surface area (Å²) in [5, 5.41) is 3.04. The molecule has 0 spiro atoms. The fraction of sp³-hybridized carbons (Fsp3) is 0.351. The van der Waals surface area contributed by atoms with Crippen molar-refractivity contribution in [3.8, 4) is 11.1 Å². The van der Waals surface area contributed by atoms with E-state index in [1.54, 1.807) is 4.90 Å². The number of urea groups is 1. The molecular weight excluding hydrogens is 594 g/mol. The summed E-state index contributed by atoms with van der Waals surface area (Å²) < 4.78 is 8.35. The molecule has 3 amide bonds. The molecule has 1 saturated heterocycles. The summed E-state index contributed by atoms with van der Waals surface area (Å²) in [6.07, 6.45) is 3.59. The maximum absolute atomic E-state index is 13.7. The Kier molecular flexibility index (Phi) is 9.68. The molecule has 6 rings (SSSR count). The molecule has 0 unspecified atom stereocenters. The van der Waals surface area contributed by atoms with Gasteiger partial charge in [-0.25, -0.2) is 9.59 Å². The minimum Gasteiger partial charge on any atom is -0.375 e. The average Bonchev–Trinajstić information content (AvgIpc) is 3.25. The number of hydrogen-bond acceptors (Lipinski definition) is 5. The molecule has 3 heterocycles. The summed E-state index contributed by atoms with van der Waals surface area (Å²) in [4.78, 5) is 57.7. The second kappa shape index (κ2) is 14.2. The van der Waals surface area contributed by atoms with Crippen molar-refractivity contribution in [2.75, 3.05) is 31.6 Å². The summed E-state index contributed by atoms with van der Waals surface area (Å²) in [6.45, 7) is 5.90. The van der Waals surface area contributed by atoms with Crippen molar-refractivity contribution >= 4 is 17.6 Å². The Hall–Kier alpha value is -4.96. The molecule has 1 aromatic heterocycles. The minimum atomic E-state index is -0.545. The van der Waals surface area contributed by atoms with Gasteiger partial charge < -0.3 is 19.9 Å². The fourth-order valence-electron chi connectivity index (χ4n) is 6.52. The molecular formula is C37H41N5O5. The molecule has 0 bridgehead atoms. The third kappa shape index (κ3) is 7.07. The Bertz CT molecular complexity index is 1870. The van der Waals surface area contributed by atoms with E-state index in [9.17, 15) is 19.2 Å². The van der Waals surface area contributed by atoms with Crippen LogP contribution in [-0.2, 0) is 35.6 Å². The first kappa shape index (κ1) is 32.0. The number of para-hydroxylation sites is 1. The van der Waals surface area contributed by atoms with Gasteiger partial charge in [0.1, 0.15) is 6.54 Å². The standard InChI is InChI=1S/C37H41N5O5/c1-26-9-8-13-31(27(26)2)32-23-40(37(46)42(35(32)44)21-22-47-25-28-10-4-3-5-11-28)24-34(43)39-18-16-30(17-19-39)41-20-15-29-12-6-7-14-33(29)38-36(41)45/h3-14,23,30H,15-22,24-25H2,1-2H3,(H,38,45). The number of hydrogen-bond donors (Lipinski definition) is 1. The van der Waals surface area contributed by atoms with Crippen LogP contribution in [0.1, 0.15) is 35.1 Å². The number of aryl methyl sites for hydroxylation is 1. The highest BCUT2D eigenvalue weighted by atomic mass is 16.5. The van der Waals surface area contributed by atoms with E-state index in [-0.39, 0.29) is 37.7 Å². The van der Waals surface area contributed by atoms with E-state index >= 15 is 0 Å². The SMILES string of the molecule is Cc1cccc(-c2cn(CC(=O)N3CCC(N4CCc5ccccc5NC4=O)CC3)c(=O)n(CCOCc3ccccc3)c2=O)c1C. The lowest BCUT2D eigenvalue weighted by Gasteiger charge is -2.38. The molecule has 1 fully saturated rings. The molecule has 10 heteroatoms. The highest BCUT2D eigenvalue weighted by Gasteiger charge is 2.31. The number of likely N-dealkylation sites (tertiary alicyclic amines) is 1. The van der Waals surface area contributed by atoms with Crippen molar-refractivity contribution in [1.82, 2.24) is 18.9 Å². The first-order valence-corrected chi connectivity index (χ1v) is 16.3. The molecule has 244 valence electrons. The minimum absolute atomic E-state index is 0.0183. The van der Waals surface area contributed by atoms with Gasteiger partial charge in [-0.3, -0.25) is 18.7 Å². The van der Waals surface area contributed by atoms with E-state index in [0.717, 1.165) is 39.9 Å². The van der Waals surface area contributed by atoms with Crippen LogP contribution in [0.3, 0.4) is 0 Å². The second-order valence-electron chi connectivity index (χ2n) is 12.3. The fourth-order valence-corrected chi connectivity index (χ4v) is 6.52. The van der Waals surface area contributed by atoms with Crippen LogP contribution in [0, 0.1) is 13.8 Å². The number of aromatic nitrogens is 2. The Morgan fingerprint density at radius 3 is 2.40 bits per heavy atom. The van der Waals surface area contributed by atoms with Crippen LogP contribution in [-0.4, -0.2) is 63.2 Å². The van der Waals surface area contributed by atoms with E-state index in [1.807, 2.05) is 91.5 Å². The van der Waals surface area contributed by atoms with Gasteiger partial charge in [0.2, 0.25) is 5.91 Å². The summed E-state index contributed by atoms with van der Waals surface area (Å²) >= 11 is 0. The van der Waals surface area contributed by atoms with Crippen molar-refractivity contribution in [2.45, 2.75) is 58.8 Å². The van der Waals surface area contributed by atoms with Gasteiger partial charge in [-0.05, 0) is 67.0 Å². The lowest BCUT2D eigenvalue weighted by molar-refractivity contribution is -0.133. The Morgan fingerprint density at radius 2 is 1.62 bits per heavy atom. The van der Waals surface area contributed by atoms with Crippen LogP contribution in [0.2, 0.25) is 0 Å². The van der Waals surface area contributed by atoms with Crippen molar-refractivity contribution in [3.05, 3.63) is 122 Å². The quantitative estimate of drug-likeness (QED) is 0.271. The number of piperidine rings is 1. The second-order valence-corrected chi connectivity index (χ2v) is 12.3. The van der Waals surface area contributed by atoms with Crippen LogP contribution in [0.4, 0.5) is 10.5 Å². The molecule has 4 aromatic rings. The van der Waals surface area contributed by atoms with Gasteiger partial charge in [0.15, 0.2) is 0 Å². The molecule has 2 aliphatic rings. The normalized spacial score (nSPS) is 15.2. The zero-order valence-electron chi connectivity index (χ0n) is 27.0. The van der Waals surface area contributed by atoms with Crippen LogP contribution in [0.5, 0.6) is 0 Å². The zero-order chi connectivity index (χ0) is 32.9. The first-order valence-electron chi connectivity index (χ1n) is 16.3. The van der Waals surface area contributed by atoms with E-state index in [2.05, 4.69) is 5.32 Å². The number of amides is 3. The predicted octanol–water partition coefficient (Wildman–Crippen LogP) is 4.59. The predicted molar refractivity (Wildman–Crippen MR) is 181 cm³/mol.